The summed E-state index contributed by atoms with van der Waals surface area (Å²) in [7, 11) is 0. The molecule has 20 heavy (non-hydrogen) atoms. The summed E-state index contributed by atoms with van der Waals surface area (Å²) < 4.78 is 1.03. The van der Waals surface area contributed by atoms with Crippen LogP contribution in [0.3, 0.4) is 0 Å². The molecule has 1 aromatic heterocycles. The fourth-order valence-corrected chi connectivity index (χ4v) is 4.19. The van der Waals surface area contributed by atoms with Gasteiger partial charge in [-0.1, -0.05) is 49.3 Å². The number of thiocarbonyl (C=S) groups is 1. The zero-order chi connectivity index (χ0) is 13.8. The van der Waals surface area contributed by atoms with Gasteiger partial charge in [0.05, 0.1) is 12.5 Å². The largest absolute Gasteiger partial charge is 0.340 e. The minimum Gasteiger partial charge on any atom is -0.340 e. The molecule has 2 fully saturated rings. The molecule has 1 aliphatic heterocycles. The van der Waals surface area contributed by atoms with Crippen LogP contribution in [-0.2, 0) is 6.54 Å². The number of rotatable bonds is 3. The van der Waals surface area contributed by atoms with E-state index in [0.717, 1.165) is 29.5 Å². The normalized spacial score (nSPS) is 22.2. The highest BCUT2D eigenvalue weighted by molar-refractivity contribution is 8.22. The fraction of sp³-hybridized carbons (Fsp3) is 0.600. The average molecular weight is 307 g/mol. The van der Waals surface area contributed by atoms with Crippen LogP contribution in [0.2, 0.25) is 0 Å². The van der Waals surface area contributed by atoms with E-state index in [1.54, 1.807) is 0 Å². The molecule has 0 N–H and O–H groups in total. The summed E-state index contributed by atoms with van der Waals surface area (Å²) >= 11 is 7.33. The Morgan fingerprint density at radius 1 is 1.30 bits per heavy atom. The summed E-state index contributed by atoms with van der Waals surface area (Å²) in [6, 6.07) is 4.88. The number of pyridine rings is 1. The van der Waals surface area contributed by atoms with Crippen LogP contribution in [0.1, 0.15) is 37.7 Å². The molecule has 108 valence electrons. The molecule has 2 aliphatic rings. The van der Waals surface area contributed by atoms with Gasteiger partial charge in [0, 0.05) is 25.0 Å². The van der Waals surface area contributed by atoms with E-state index in [1.165, 1.54) is 37.7 Å². The predicted molar refractivity (Wildman–Crippen MR) is 88.4 cm³/mol. The molecular weight excluding hydrogens is 286 g/mol. The molecule has 0 aromatic carbocycles. The van der Waals surface area contributed by atoms with Gasteiger partial charge in [0.15, 0.2) is 0 Å². The molecule has 0 atom stereocenters. The van der Waals surface area contributed by atoms with Crippen molar-refractivity contribution in [2.45, 2.75) is 44.7 Å². The average Bonchev–Trinajstić information content (AvgIpc) is 2.51. The van der Waals surface area contributed by atoms with Crippen molar-refractivity contribution in [3.63, 3.8) is 0 Å². The van der Waals surface area contributed by atoms with E-state index in [1.807, 2.05) is 30.2 Å². The van der Waals surface area contributed by atoms with Gasteiger partial charge in [-0.2, -0.15) is 0 Å². The first-order chi connectivity index (χ1) is 9.83. The lowest BCUT2D eigenvalue weighted by molar-refractivity contribution is 0.125. The van der Waals surface area contributed by atoms with Gasteiger partial charge in [-0.15, -0.1) is 0 Å². The van der Waals surface area contributed by atoms with Crippen LogP contribution in [0.25, 0.3) is 0 Å². The van der Waals surface area contributed by atoms with Gasteiger partial charge in [0.25, 0.3) is 0 Å². The molecule has 2 heterocycles. The molecular formula is C15H21N3S2. The monoisotopic (exact) mass is 307 g/mol. The van der Waals surface area contributed by atoms with Crippen molar-refractivity contribution in [2.75, 3.05) is 12.5 Å². The number of thioether (sulfide) groups is 1. The fourth-order valence-electron chi connectivity index (χ4n) is 3.04. The van der Waals surface area contributed by atoms with Gasteiger partial charge in [-0.25, -0.2) is 0 Å². The molecule has 3 rings (SSSR count). The Balaban J connectivity index is 1.62. The van der Waals surface area contributed by atoms with E-state index in [-0.39, 0.29) is 0 Å². The van der Waals surface area contributed by atoms with Crippen molar-refractivity contribution < 1.29 is 0 Å². The van der Waals surface area contributed by atoms with E-state index >= 15 is 0 Å². The minimum absolute atomic E-state index is 0.760. The lowest BCUT2D eigenvalue weighted by atomic mass is 9.95. The van der Waals surface area contributed by atoms with Crippen LogP contribution in [0.5, 0.6) is 0 Å². The highest BCUT2D eigenvalue weighted by Gasteiger charge is 2.28. The Morgan fingerprint density at radius 2 is 2.15 bits per heavy atom. The van der Waals surface area contributed by atoms with Gasteiger partial charge in [-0.05, 0) is 24.5 Å². The van der Waals surface area contributed by atoms with Crippen molar-refractivity contribution in [2.24, 2.45) is 0 Å². The van der Waals surface area contributed by atoms with Gasteiger partial charge >= 0.3 is 0 Å². The first-order valence-corrected chi connectivity index (χ1v) is 8.77. The van der Waals surface area contributed by atoms with Crippen LogP contribution < -0.4 is 0 Å². The molecule has 1 saturated heterocycles. The van der Waals surface area contributed by atoms with Crippen molar-refractivity contribution in [3.05, 3.63) is 30.1 Å². The standard InChI is InChI=1S/C15H21N3S2/c19-15-17(10-13-5-4-8-16-9-13)11-18(12-20-15)14-6-2-1-3-7-14/h4-5,8-9,14H,1-3,6-7,10-12H2. The zero-order valence-corrected chi connectivity index (χ0v) is 13.3. The van der Waals surface area contributed by atoms with Crippen molar-refractivity contribution in [1.82, 2.24) is 14.8 Å². The molecule has 0 radical (unpaired) electrons. The Hall–Kier alpha value is -0.650. The smallest absolute Gasteiger partial charge is 0.138 e. The minimum atomic E-state index is 0.760. The van der Waals surface area contributed by atoms with Crippen LogP contribution >= 0.6 is 24.0 Å². The van der Waals surface area contributed by atoms with E-state index in [2.05, 4.69) is 20.9 Å². The van der Waals surface area contributed by atoms with Gasteiger partial charge in [0.1, 0.15) is 4.32 Å². The first kappa shape index (κ1) is 14.3. The second-order valence-corrected chi connectivity index (χ2v) is 7.20. The van der Waals surface area contributed by atoms with Crippen molar-refractivity contribution >= 4 is 28.3 Å². The van der Waals surface area contributed by atoms with E-state index in [9.17, 15) is 0 Å². The third-order valence-electron chi connectivity index (χ3n) is 4.15. The van der Waals surface area contributed by atoms with Crippen LogP contribution in [0.15, 0.2) is 24.5 Å². The lowest BCUT2D eigenvalue weighted by Crippen LogP contribution is -2.49. The van der Waals surface area contributed by atoms with Crippen molar-refractivity contribution in [1.29, 1.82) is 0 Å². The van der Waals surface area contributed by atoms with Gasteiger partial charge < -0.3 is 4.90 Å². The van der Waals surface area contributed by atoms with E-state index in [4.69, 9.17) is 12.2 Å². The number of aromatic nitrogens is 1. The Morgan fingerprint density at radius 3 is 2.90 bits per heavy atom. The van der Waals surface area contributed by atoms with Crippen LogP contribution in [-0.4, -0.2) is 37.7 Å². The van der Waals surface area contributed by atoms with E-state index in [0.29, 0.717) is 0 Å². The first-order valence-electron chi connectivity index (χ1n) is 7.37. The molecule has 0 spiro atoms. The topological polar surface area (TPSA) is 19.4 Å². The highest BCUT2D eigenvalue weighted by Crippen LogP contribution is 2.28. The quantitative estimate of drug-likeness (QED) is 0.794. The van der Waals surface area contributed by atoms with Crippen LogP contribution in [0.4, 0.5) is 0 Å². The predicted octanol–water partition coefficient (Wildman–Crippen LogP) is 3.47. The number of hydrogen-bond acceptors (Lipinski definition) is 4. The summed E-state index contributed by atoms with van der Waals surface area (Å²) in [5, 5.41) is 0. The molecule has 5 heteroatoms. The molecule has 0 amide bonds. The van der Waals surface area contributed by atoms with Gasteiger partial charge in [0.2, 0.25) is 0 Å². The molecule has 0 bridgehead atoms. The Bertz CT molecular complexity index is 446. The van der Waals surface area contributed by atoms with Gasteiger partial charge in [-0.3, -0.25) is 9.88 Å². The zero-order valence-electron chi connectivity index (χ0n) is 11.7. The SMILES string of the molecule is S=C1SCN(C2CCCCC2)CN1Cc1cccnc1. The van der Waals surface area contributed by atoms with Crippen molar-refractivity contribution in [3.8, 4) is 0 Å². The Kier molecular flexibility index (Phi) is 4.91. The summed E-state index contributed by atoms with van der Waals surface area (Å²) in [5.74, 6) is 1.06. The van der Waals surface area contributed by atoms with E-state index < -0.39 is 0 Å². The number of nitrogens with zero attached hydrogens (tertiary/aromatic N) is 3. The molecule has 1 aromatic rings. The number of hydrogen-bond donors (Lipinski definition) is 0. The summed E-state index contributed by atoms with van der Waals surface area (Å²) in [4.78, 5) is 9.12. The second-order valence-electron chi connectivity index (χ2n) is 5.62. The summed E-state index contributed by atoms with van der Waals surface area (Å²) in [6.07, 6.45) is 10.7. The van der Waals surface area contributed by atoms with Crippen LogP contribution in [0, 0.1) is 0 Å². The third kappa shape index (κ3) is 3.51. The maximum absolute atomic E-state index is 5.52. The molecule has 1 saturated carbocycles. The Labute approximate surface area is 130 Å². The molecule has 0 unspecified atom stereocenters. The molecule has 3 nitrogen and oxygen atoms in total. The lowest BCUT2D eigenvalue weighted by Gasteiger charge is -2.42. The third-order valence-corrected chi connectivity index (χ3v) is 5.73. The highest BCUT2D eigenvalue weighted by atomic mass is 32.2. The maximum atomic E-state index is 5.52. The maximum Gasteiger partial charge on any atom is 0.138 e. The summed E-state index contributed by atoms with van der Waals surface area (Å²) in [6.45, 7) is 1.86. The second kappa shape index (κ2) is 6.87. The molecule has 1 aliphatic carbocycles. The summed E-state index contributed by atoms with van der Waals surface area (Å²) in [5.41, 5.74) is 1.24.